The van der Waals surface area contributed by atoms with Crippen LogP contribution in [0.25, 0.3) is 10.9 Å². The van der Waals surface area contributed by atoms with Gasteiger partial charge in [-0.1, -0.05) is 25.1 Å². The summed E-state index contributed by atoms with van der Waals surface area (Å²) in [4.78, 5) is 19.6. The number of carbonyl (C=O) groups is 1. The predicted molar refractivity (Wildman–Crippen MR) is 85.6 cm³/mol. The van der Waals surface area contributed by atoms with Gasteiger partial charge in [-0.15, -0.1) is 0 Å². The van der Waals surface area contributed by atoms with Gasteiger partial charge in [0.05, 0.1) is 5.52 Å². The van der Waals surface area contributed by atoms with E-state index in [2.05, 4.69) is 16.0 Å². The number of hydrogen-bond donors (Lipinski definition) is 0. The van der Waals surface area contributed by atoms with Crippen LogP contribution in [0.15, 0.2) is 30.3 Å². The zero-order valence-corrected chi connectivity index (χ0v) is 12.8. The van der Waals surface area contributed by atoms with Crippen molar-refractivity contribution >= 4 is 16.7 Å². The number of hydrogen-bond acceptors (Lipinski definition) is 3. The highest BCUT2D eigenvalue weighted by Crippen LogP contribution is 2.20. The average molecular weight is 282 g/mol. The number of nitrogens with zero attached hydrogens (tertiary/aromatic N) is 2. The van der Waals surface area contributed by atoms with E-state index in [-0.39, 0.29) is 11.7 Å². The Bertz CT molecular complexity index is 659. The van der Waals surface area contributed by atoms with Gasteiger partial charge in [0.25, 0.3) is 0 Å². The van der Waals surface area contributed by atoms with Crippen molar-refractivity contribution in [2.45, 2.75) is 26.7 Å². The van der Waals surface area contributed by atoms with Crippen molar-refractivity contribution in [1.29, 1.82) is 0 Å². The SMILES string of the molecule is Cc1cc(C(=O)C(C)CN2CCCC2)nc2ccccc12. The van der Waals surface area contributed by atoms with Gasteiger partial charge in [0.1, 0.15) is 5.69 Å². The number of benzene rings is 1. The Morgan fingerprint density at radius 2 is 2.00 bits per heavy atom. The van der Waals surface area contributed by atoms with Crippen LogP contribution in [0.3, 0.4) is 0 Å². The van der Waals surface area contributed by atoms with Crippen LogP contribution < -0.4 is 0 Å². The summed E-state index contributed by atoms with van der Waals surface area (Å²) in [6, 6.07) is 9.94. The maximum atomic E-state index is 12.6. The predicted octanol–water partition coefficient (Wildman–Crippen LogP) is 3.46. The number of fused-ring (bicyclic) bond motifs is 1. The molecule has 1 aliphatic rings. The van der Waals surface area contributed by atoms with E-state index in [0.29, 0.717) is 5.69 Å². The fourth-order valence-electron chi connectivity index (χ4n) is 3.16. The molecule has 21 heavy (non-hydrogen) atoms. The summed E-state index contributed by atoms with van der Waals surface area (Å²) < 4.78 is 0. The number of aromatic nitrogens is 1. The Morgan fingerprint density at radius 3 is 2.76 bits per heavy atom. The third-order valence-electron chi connectivity index (χ3n) is 4.35. The molecule has 2 heterocycles. The maximum absolute atomic E-state index is 12.6. The lowest BCUT2D eigenvalue weighted by molar-refractivity contribution is 0.0898. The summed E-state index contributed by atoms with van der Waals surface area (Å²) in [6.07, 6.45) is 2.52. The number of likely N-dealkylation sites (tertiary alicyclic amines) is 1. The molecule has 1 aromatic carbocycles. The molecule has 0 N–H and O–H groups in total. The summed E-state index contributed by atoms with van der Waals surface area (Å²) in [5, 5.41) is 1.13. The lowest BCUT2D eigenvalue weighted by Gasteiger charge is -2.19. The summed E-state index contributed by atoms with van der Waals surface area (Å²) in [6.45, 7) is 7.18. The summed E-state index contributed by atoms with van der Waals surface area (Å²) in [5.41, 5.74) is 2.64. The van der Waals surface area contributed by atoms with Gasteiger partial charge in [-0.05, 0) is 50.6 Å². The number of pyridine rings is 1. The highest BCUT2D eigenvalue weighted by molar-refractivity contribution is 5.98. The minimum atomic E-state index is 0.0103. The van der Waals surface area contributed by atoms with Gasteiger partial charge in [0, 0.05) is 17.8 Å². The van der Waals surface area contributed by atoms with Gasteiger partial charge in [-0.3, -0.25) is 4.79 Å². The monoisotopic (exact) mass is 282 g/mol. The third kappa shape index (κ3) is 2.98. The molecule has 1 aromatic heterocycles. The summed E-state index contributed by atoms with van der Waals surface area (Å²) in [5.74, 6) is 0.173. The first-order valence-electron chi connectivity index (χ1n) is 7.78. The van der Waals surface area contributed by atoms with Gasteiger partial charge in [-0.25, -0.2) is 4.98 Å². The number of para-hydroxylation sites is 1. The van der Waals surface area contributed by atoms with Crippen molar-refractivity contribution in [1.82, 2.24) is 9.88 Å². The topological polar surface area (TPSA) is 33.2 Å². The van der Waals surface area contributed by atoms with E-state index in [9.17, 15) is 4.79 Å². The first-order valence-corrected chi connectivity index (χ1v) is 7.78. The molecule has 1 aliphatic heterocycles. The average Bonchev–Trinajstić information content (AvgIpc) is 2.99. The lowest BCUT2D eigenvalue weighted by Crippen LogP contribution is -2.30. The molecule has 0 spiro atoms. The number of Topliss-reactive ketones (excluding diaryl/α,β-unsaturated/α-hetero) is 1. The normalized spacial score (nSPS) is 17.2. The smallest absolute Gasteiger partial charge is 0.185 e. The highest BCUT2D eigenvalue weighted by atomic mass is 16.1. The van der Waals surface area contributed by atoms with Crippen LogP contribution in [-0.4, -0.2) is 35.3 Å². The van der Waals surface area contributed by atoms with E-state index in [1.807, 2.05) is 38.1 Å². The first-order chi connectivity index (χ1) is 10.1. The van der Waals surface area contributed by atoms with E-state index in [1.54, 1.807) is 0 Å². The van der Waals surface area contributed by atoms with E-state index < -0.39 is 0 Å². The van der Waals surface area contributed by atoms with Crippen molar-refractivity contribution < 1.29 is 4.79 Å². The van der Waals surface area contributed by atoms with E-state index in [1.165, 1.54) is 12.8 Å². The second-order valence-electron chi connectivity index (χ2n) is 6.11. The van der Waals surface area contributed by atoms with Crippen LogP contribution >= 0.6 is 0 Å². The Balaban J connectivity index is 1.83. The van der Waals surface area contributed by atoms with Crippen molar-refractivity contribution in [3.63, 3.8) is 0 Å². The second kappa shape index (κ2) is 5.94. The molecule has 0 bridgehead atoms. The molecule has 0 aliphatic carbocycles. The molecule has 1 saturated heterocycles. The van der Waals surface area contributed by atoms with Crippen LogP contribution in [0.4, 0.5) is 0 Å². The number of carbonyl (C=O) groups excluding carboxylic acids is 1. The van der Waals surface area contributed by atoms with E-state index >= 15 is 0 Å². The number of rotatable bonds is 4. The molecule has 1 atom stereocenters. The Labute approximate surface area is 126 Å². The second-order valence-corrected chi connectivity index (χ2v) is 6.11. The Kier molecular flexibility index (Phi) is 4.02. The maximum Gasteiger partial charge on any atom is 0.185 e. The molecule has 3 heteroatoms. The minimum Gasteiger partial charge on any atom is -0.303 e. The molecular formula is C18H22N2O. The van der Waals surface area contributed by atoms with Crippen molar-refractivity contribution in [3.8, 4) is 0 Å². The third-order valence-corrected chi connectivity index (χ3v) is 4.35. The summed E-state index contributed by atoms with van der Waals surface area (Å²) >= 11 is 0. The Morgan fingerprint density at radius 1 is 1.29 bits per heavy atom. The molecule has 110 valence electrons. The molecule has 1 fully saturated rings. The zero-order chi connectivity index (χ0) is 14.8. The molecule has 3 rings (SSSR count). The van der Waals surface area contributed by atoms with Gasteiger partial charge >= 0.3 is 0 Å². The molecule has 1 unspecified atom stereocenters. The van der Waals surface area contributed by atoms with Crippen molar-refractivity contribution in [2.75, 3.05) is 19.6 Å². The number of aryl methyl sites for hydroxylation is 1. The lowest BCUT2D eigenvalue weighted by atomic mass is 10.00. The van der Waals surface area contributed by atoms with Crippen molar-refractivity contribution in [3.05, 3.63) is 41.6 Å². The fourth-order valence-corrected chi connectivity index (χ4v) is 3.16. The Hall–Kier alpha value is -1.74. The van der Waals surface area contributed by atoms with Crippen LogP contribution in [0, 0.1) is 12.8 Å². The van der Waals surface area contributed by atoms with Gasteiger partial charge in [0.2, 0.25) is 0 Å². The van der Waals surface area contributed by atoms with Crippen LogP contribution in [-0.2, 0) is 0 Å². The van der Waals surface area contributed by atoms with Crippen LogP contribution in [0.2, 0.25) is 0 Å². The first kappa shape index (κ1) is 14.2. The summed E-state index contributed by atoms with van der Waals surface area (Å²) in [7, 11) is 0. The van der Waals surface area contributed by atoms with Gasteiger partial charge in [-0.2, -0.15) is 0 Å². The molecular weight excluding hydrogens is 260 g/mol. The fraction of sp³-hybridized carbons (Fsp3) is 0.444. The minimum absolute atomic E-state index is 0.0103. The molecule has 2 aromatic rings. The molecule has 3 nitrogen and oxygen atoms in total. The quantitative estimate of drug-likeness (QED) is 0.805. The van der Waals surface area contributed by atoms with E-state index in [4.69, 9.17) is 0 Å². The van der Waals surface area contributed by atoms with Gasteiger partial charge < -0.3 is 4.90 Å². The zero-order valence-electron chi connectivity index (χ0n) is 12.8. The molecule has 0 amide bonds. The van der Waals surface area contributed by atoms with E-state index in [0.717, 1.165) is 36.1 Å². The van der Waals surface area contributed by atoms with Gasteiger partial charge in [0.15, 0.2) is 5.78 Å². The standard InChI is InChI=1S/C18H22N2O/c1-13-11-17(19-16-8-4-3-7-15(13)16)18(21)14(2)12-20-9-5-6-10-20/h3-4,7-8,11,14H,5-6,9-10,12H2,1-2H3. The molecule has 0 radical (unpaired) electrons. The number of ketones is 1. The largest absolute Gasteiger partial charge is 0.303 e. The van der Waals surface area contributed by atoms with Crippen molar-refractivity contribution in [2.24, 2.45) is 5.92 Å². The molecule has 0 saturated carbocycles. The van der Waals surface area contributed by atoms with Crippen LogP contribution in [0.5, 0.6) is 0 Å². The highest BCUT2D eigenvalue weighted by Gasteiger charge is 2.22. The van der Waals surface area contributed by atoms with Crippen LogP contribution in [0.1, 0.15) is 35.8 Å².